The third kappa shape index (κ3) is 3.78. The molecule has 3 heteroatoms. The van der Waals surface area contributed by atoms with E-state index in [-0.39, 0.29) is 5.54 Å². The van der Waals surface area contributed by atoms with Crippen LogP contribution in [0.5, 0.6) is 0 Å². The first-order valence-electron chi connectivity index (χ1n) is 7.28. The zero-order chi connectivity index (χ0) is 13.9. The first kappa shape index (κ1) is 14.5. The molecular weight excluding hydrogens is 234 g/mol. The highest BCUT2D eigenvalue weighted by Gasteiger charge is 2.30. The van der Waals surface area contributed by atoms with E-state index in [9.17, 15) is 0 Å². The van der Waals surface area contributed by atoms with E-state index in [0.29, 0.717) is 6.04 Å². The molecule has 2 rings (SSSR count). The van der Waals surface area contributed by atoms with E-state index in [2.05, 4.69) is 61.0 Å². The maximum atomic E-state index is 6.37. The van der Waals surface area contributed by atoms with Crippen molar-refractivity contribution in [3.8, 4) is 0 Å². The summed E-state index contributed by atoms with van der Waals surface area (Å²) in [6.45, 7) is 8.62. The van der Waals surface area contributed by atoms with Gasteiger partial charge in [-0.2, -0.15) is 0 Å². The van der Waals surface area contributed by atoms with Gasteiger partial charge in [-0.3, -0.25) is 4.90 Å². The van der Waals surface area contributed by atoms with Crippen LogP contribution in [-0.4, -0.2) is 48.6 Å². The topological polar surface area (TPSA) is 32.5 Å². The Morgan fingerprint density at radius 1 is 1.26 bits per heavy atom. The minimum absolute atomic E-state index is 0.0943. The molecule has 106 valence electrons. The first-order chi connectivity index (χ1) is 9.02. The van der Waals surface area contributed by atoms with Crippen molar-refractivity contribution in [2.45, 2.75) is 31.8 Å². The highest BCUT2D eigenvalue weighted by molar-refractivity contribution is 5.20. The number of nitrogens with two attached hydrogens (primary N) is 1. The number of piperazine rings is 1. The Hall–Kier alpha value is -0.900. The largest absolute Gasteiger partial charge is 0.324 e. The molecule has 0 aliphatic carbocycles. The summed E-state index contributed by atoms with van der Waals surface area (Å²) in [4.78, 5) is 4.97. The summed E-state index contributed by atoms with van der Waals surface area (Å²) in [5.41, 5.74) is 7.68. The molecule has 2 N–H and O–H groups in total. The standard InChI is InChI=1S/C16H27N3/c1-4-16(2,17)13-19-11-10-18(3)12-15(19)14-8-6-5-7-9-14/h5-9,15H,4,10-13,17H2,1-3H3. The second-order valence-corrected chi connectivity index (χ2v) is 6.17. The molecule has 3 nitrogen and oxygen atoms in total. The molecule has 0 radical (unpaired) electrons. The first-order valence-corrected chi connectivity index (χ1v) is 7.28. The van der Waals surface area contributed by atoms with Gasteiger partial charge in [-0.1, -0.05) is 37.3 Å². The van der Waals surface area contributed by atoms with Crippen molar-refractivity contribution in [1.29, 1.82) is 0 Å². The molecular formula is C16H27N3. The third-order valence-electron chi connectivity index (χ3n) is 4.25. The van der Waals surface area contributed by atoms with Crippen molar-refractivity contribution in [3.05, 3.63) is 35.9 Å². The van der Waals surface area contributed by atoms with Gasteiger partial charge in [0.2, 0.25) is 0 Å². The smallest absolute Gasteiger partial charge is 0.0476 e. The fourth-order valence-electron chi connectivity index (χ4n) is 2.71. The number of hydrogen-bond acceptors (Lipinski definition) is 3. The maximum absolute atomic E-state index is 6.37. The molecule has 1 fully saturated rings. The predicted octanol–water partition coefficient (Wildman–Crippen LogP) is 2.10. The molecule has 2 atom stereocenters. The molecule has 2 unspecified atom stereocenters. The van der Waals surface area contributed by atoms with Crippen molar-refractivity contribution in [2.75, 3.05) is 33.2 Å². The lowest BCUT2D eigenvalue weighted by Crippen LogP contribution is -2.54. The quantitative estimate of drug-likeness (QED) is 0.901. The molecule has 0 spiro atoms. The van der Waals surface area contributed by atoms with Gasteiger partial charge in [-0.25, -0.2) is 0 Å². The van der Waals surface area contributed by atoms with Crippen LogP contribution in [0.4, 0.5) is 0 Å². The highest BCUT2D eigenvalue weighted by atomic mass is 15.3. The van der Waals surface area contributed by atoms with Crippen LogP contribution in [0.1, 0.15) is 31.9 Å². The average molecular weight is 261 g/mol. The number of hydrogen-bond donors (Lipinski definition) is 1. The summed E-state index contributed by atoms with van der Waals surface area (Å²) >= 11 is 0. The lowest BCUT2D eigenvalue weighted by molar-refractivity contribution is 0.0703. The molecule has 1 aromatic carbocycles. The maximum Gasteiger partial charge on any atom is 0.0476 e. The second-order valence-electron chi connectivity index (χ2n) is 6.17. The van der Waals surface area contributed by atoms with Gasteiger partial charge in [-0.05, 0) is 26.0 Å². The Labute approximate surface area is 117 Å². The Morgan fingerprint density at radius 2 is 1.95 bits per heavy atom. The molecule has 1 aliphatic heterocycles. The molecule has 0 aromatic heterocycles. The van der Waals surface area contributed by atoms with Crippen LogP contribution in [0, 0.1) is 0 Å². The summed E-state index contributed by atoms with van der Waals surface area (Å²) in [6.07, 6.45) is 1.01. The lowest BCUT2D eigenvalue weighted by Gasteiger charge is -2.43. The second kappa shape index (κ2) is 6.04. The van der Waals surface area contributed by atoms with Crippen molar-refractivity contribution in [1.82, 2.24) is 9.80 Å². The molecule has 19 heavy (non-hydrogen) atoms. The zero-order valence-electron chi connectivity index (χ0n) is 12.5. The van der Waals surface area contributed by atoms with Gasteiger partial charge in [0.25, 0.3) is 0 Å². The van der Waals surface area contributed by atoms with Crippen LogP contribution >= 0.6 is 0 Å². The van der Waals surface area contributed by atoms with Crippen molar-refractivity contribution in [2.24, 2.45) is 5.73 Å². The van der Waals surface area contributed by atoms with Crippen LogP contribution in [0.15, 0.2) is 30.3 Å². The minimum Gasteiger partial charge on any atom is -0.324 e. The van der Waals surface area contributed by atoms with Gasteiger partial charge in [0.1, 0.15) is 0 Å². The van der Waals surface area contributed by atoms with Crippen molar-refractivity contribution >= 4 is 0 Å². The average Bonchev–Trinajstić information content (AvgIpc) is 2.42. The van der Waals surface area contributed by atoms with Crippen LogP contribution in [-0.2, 0) is 0 Å². The van der Waals surface area contributed by atoms with Gasteiger partial charge < -0.3 is 10.6 Å². The van der Waals surface area contributed by atoms with E-state index in [1.807, 2.05) is 0 Å². The monoisotopic (exact) mass is 261 g/mol. The summed E-state index contributed by atoms with van der Waals surface area (Å²) in [5.74, 6) is 0. The summed E-state index contributed by atoms with van der Waals surface area (Å²) < 4.78 is 0. The minimum atomic E-state index is -0.0943. The fourth-order valence-corrected chi connectivity index (χ4v) is 2.71. The summed E-state index contributed by atoms with van der Waals surface area (Å²) in [6, 6.07) is 11.3. The van der Waals surface area contributed by atoms with E-state index in [1.54, 1.807) is 0 Å². The number of rotatable bonds is 4. The third-order valence-corrected chi connectivity index (χ3v) is 4.25. The van der Waals surface area contributed by atoms with Gasteiger partial charge in [0.05, 0.1) is 0 Å². The summed E-state index contributed by atoms with van der Waals surface area (Å²) in [7, 11) is 2.20. The molecule has 1 aromatic rings. The van der Waals surface area contributed by atoms with Crippen LogP contribution in [0.25, 0.3) is 0 Å². The van der Waals surface area contributed by atoms with E-state index in [4.69, 9.17) is 5.73 Å². The van der Waals surface area contributed by atoms with Crippen molar-refractivity contribution in [3.63, 3.8) is 0 Å². The van der Waals surface area contributed by atoms with Crippen LogP contribution < -0.4 is 5.73 Å². The van der Waals surface area contributed by atoms with Gasteiger partial charge in [0, 0.05) is 37.8 Å². The lowest BCUT2D eigenvalue weighted by atomic mass is 9.95. The number of benzene rings is 1. The highest BCUT2D eigenvalue weighted by Crippen LogP contribution is 2.26. The van der Waals surface area contributed by atoms with E-state index >= 15 is 0 Å². The van der Waals surface area contributed by atoms with Gasteiger partial charge in [-0.15, -0.1) is 0 Å². The van der Waals surface area contributed by atoms with E-state index in [1.165, 1.54) is 5.56 Å². The molecule has 0 saturated carbocycles. The van der Waals surface area contributed by atoms with E-state index in [0.717, 1.165) is 32.6 Å². The SMILES string of the molecule is CCC(C)(N)CN1CCN(C)CC1c1ccccc1. The molecule has 1 aliphatic rings. The molecule has 1 saturated heterocycles. The number of nitrogens with zero attached hydrogens (tertiary/aromatic N) is 2. The predicted molar refractivity (Wildman–Crippen MR) is 81.1 cm³/mol. The number of likely N-dealkylation sites (N-methyl/N-ethyl adjacent to an activating group) is 1. The van der Waals surface area contributed by atoms with Gasteiger partial charge in [0.15, 0.2) is 0 Å². The van der Waals surface area contributed by atoms with Crippen molar-refractivity contribution < 1.29 is 0 Å². The Morgan fingerprint density at radius 3 is 2.58 bits per heavy atom. The Kier molecular flexibility index (Phi) is 4.61. The van der Waals surface area contributed by atoms with Gasteiger partial charge >= 0.3 is 0 Å². The molecule has 0 bridgehead atoms. The Balaban J connectivity index is 2.16. The van der Waals surface area contributed by atoms with Crippen LogP contribution in [0.2, 0.25) is 0 Å². The van der Waals surface area contributed by atoms with Crippen LogP contribution in [0.3, 0.4) is 0 Å². The fraction of sp³-hybridized carbons (Fsp3) is 0.625. The normalized spacial score (nSPS) is 25.2. The summed E-state index contributed by atoms with van der Waals surface area (Å²) in [5, 5.41) is 0. The van der Waals surface area contributed by atoms with E-state index < -0.39 is 0 Å². The Bertz CT molecular complexity index is 388. The molecule has 0 amide bonds. The zero-order valence-corrected chi connectivity index (χ0v) is 12.5. The molecule has 1 heterocycles.